The van der Waals surface area contributed by atoms with Gasteiger partial charge < -0.3 is 14.3 Å². The number of ketones is 1. The molecule has 0 aliphatic carbocycles. The summed E-state index contributed by atoms with van der Waals surface area (Å²) in [7, 11) is 0. The topological polar surface area (TPSA) is 80.0 Å². The Balaban J connectivity index is 1.82. The molecule has 1 aromatic heterocycles. The highest BCUT2D eigenvalue weighted by atomic mass is 19.2. The first-order chi connectivity index (χ1) is 15.4. The molecular weight excluding hydrogens is 420 g/mol. The summed E-state index contributed by atoms with van der Waals surface area (Å²) in [6, 6.07) is 11.2. The SMILES string of the molecule is CCCOc1ccc(/C(O)=C2/C(=O)C(=O)N(c3ccc(F)c(F)c3)C2c2ccco2)cc1. The fourth-order valence-corrected chi connectivity index (χ4v) is 3.53. The second-order valence-corrected chi connectivity index (χ2v) is 7.16. The van der Waals surface area contributed by atoms with E-state index >= 15 is 0 Å². The molecule has 1 aliphatic rings. The van der Waals surface area contributed by atoms with Crippen LogP contribution < -0.4 is 9.64 Å². The van der Waals surface area contributed by atoms with Gasteiger partial charge in [-0.05, 0) is 55.0 Å². The molecule has 0 bridgehead atoms. The van der Waals surface area contributed by atoms with Gasteiger partial charge in [0.1, 0.15) is 23.3 Å². The van der Waals surface area contributed by atoms with Crippen LogP contribution in [0.4, 0.5) is 14.5 Å². The Kier molecular flexibility index (Phi) is 5.77. The number of nitrogens with zero attached hydrogens (tertiary/aromatic N) is 1. The number of Topliss-reactive ketones (excluding diaryl/α,β-unsaturated/α-hetero) is 1. The molecule has 0 spiro atoms. The van der Waals surface area contributed by atoms with Gasteiger partial charge in [0.15, 0.2) is 11.6 Å². The highest BCUT2D eigenvalue weighted by Crippen LogP contribution is 2.42. The van der Waals surface area contributed by atoms with Crippen molar-refractivity contribution in [1.29, 1.82) is 0 Å². The number of aliphatic hydroxyl groups is 1. The molecule has 1 saturated heterocycles. The molecule has 1 fully saturated rings. The van der Waals surface area contributed by atoms with Crippen molar-refractivity contribution < 1.29 is 32.6 Å². The maximum absolute atomic E-state index is 13.9. The van der Waals surface area contributed by atoms with E-state index in [9.17, 15) is 23.5 Å². The quantitative estimate of drug-likeness (QED) is 0.333. The molecule has 0 saturated carbocycles. The van der Waals surface area contributed by atoms with Gasteiger partial charge in [-0.2, -0.15) is 0 Å². The van der Waals surface area contributed by atoms with Gasteiger partial charge >= 0.3 is 0 Å². The number of carbonyl (C=O) groups excluding carboxylic acids is 2. The Morgan fingerprint density at radius 2 is 1.84 bits per heavy atom. The van der Waals surface area contributed by atoms with Gasteiger partial charge in [-0.15, -0.1) is 0 Å². The fraction of sp³-hybridized carbons (Fsp3) is 0.167. The number of ether oxygens (including phenoxy) is 1. The number of aliphatic hydroxyl groups excluding tert-OH is 1. The van der Waals surface area contributed by atoms with Crippen molar-refractivity contribution in [2.75, 3.05) is 11.5 Å². The maximum atomic E-state index is 13.9. The van der Waals surface area contributed by atoms with Gasteiger partial charge in [-0.3, -0.25) is 14.5 Å². The number of halogens is 2. The number of rotatable bonds is 6. The van der Waals surface area contributed by atoms with E-state index < -0.39 is 35.1 Å². The van der Waals surface area contributed by atoms with Crippen molar-refractivity contribution in [1.82, 2.24) is 0 Å². The predicted octanol–water partition coefficient (Wildman–Crippen LogP) is 4.97. The summed E-state index contributed by atoms with van der Waals surface area (Å²) in [6.45, 7) is 2.50. The van der Waals surface area contributed by atoms with Crippen LogP contribution in [0, 0.1) is 11.6 Å². The van der Waals surface area contributed by atoms with Crippen molar-refractivity contribution in [3.05, 3.63) is 89.4 Å². The summed E-state index contributed by atoms with van der Waals surface area (Å²) >= 11 is 0. The van der Waals surface area contributed by atoms with Crippen molar-refractivity contribution in [3.63, 3.8) is 0 Å². The lowest BCUT2D eigenvalue weighted by atomic mass is 9.99. The maximum Gasteiger partial charge on any atom is 0.300 e. The van der Waals surface area contributed by atoms with E-state index in [0.29, 0.717) is 12.4 Å². The van der Waals surface area contributed by atoms with Crippen molar-refractivity contribution in [2.24, 2.45) is 0 Å². The van der Waals surface area contributed by atoms with Crippen molar-refractivity contribution >= 4 is 23.1 Å². The molecule has 1 unspecified atom stereocenters. The van der Waals surface area contributed by atoms with Crippen LogP contribution in [0.5, 0.6) is 5.75 Å². The molecule has 2 heterocycles. The molecule has 1 N–H and O–H groups in total. The third-order valence-corrected chi connectivity index (χ3v) is 5.04. The normalized spacial score (nSPS) is 17.7. The number of furan rings is 1. The summed E-state index contributed by atoms with van der Waals surface area (Å²) < 4.78 is 38.3. The monoisotopic (exact) mass is 439 g/mol. The molecule has 1 aliphatic heterocycles. The largest absolute Gasteiger partial charge is 0.507 e. The van der Waals surface area contributed by atoms with E-state index in [-0.39, 0.29) is 22.6 Å². The number of amides is 1. The molecule has 0 radical (unpaired) electrons. The average molecular weight is 439 g/mol. The highest BCUT2D eigenvalue weighted by molar-refractivity contribution is 6.51. The van der Waals surface area contributed by atoms with Crippen LogP contribution in [0.25, 0.3) is 5.76 Å². The number of carbonyl (C=O) groups is 2. The Bertz CT molecular complexity index is 1190. The van der Waals surface area contributed by atoms with Gasteiger partial charge in [0, 0.05) is 17.3 Å². The Labute approximate surface area is 182 Å². The first-order valence-electron chi connectivity index (χ1n) is 9.95. The molecule has 164 valence electrons. The summed E-state index contributed by atoms with van der Waals surface area (Å²) in [5, 5.41) is 11.0. The van der Waals surface area contributed by atoms with Crippen LogP contribution >= 0.6 is 0 Å². The van der Waals surface area contributed by atoms with E-state index in [1.165, 1.54) is 18.4 Å². The third kappa shape index (κ3) is 3.75. The van der Waals surface area contributed by atoms with Crippen molar-refractivity contribution in [3.8, 4) is 5.75 Å². The molecule has 4 rings (SSSR count). The Hall–Kier alpha value is -3.94. The second kappa shape index (κ2) is 8.66. The molecule has 6 nitrogen and oxygen atoms in total. The lowest BCUT2D eigenvalue weighted by Crippen LogP contribution is -2.29. The van der Waals surface area contributed by atoms with Crippen LogP contribution in [0.15, 0.2) is 70.9 Å². The van der Waals surface area contributed by atoms with Gasteiger partial charge in [0.05, 0.1) is 18.4 Å². The van der Waals surface area contributed by atoms with Crippen LogP contribution in [0.1, 0.15) is 30.7 Å². The first-order valence-corrected chi connectivity index (χ1v) is 9.95. The zero-order chi connectivity index (χ0) is 22.8. The number of anilines is 1. The van der Waals surface area contributed by atoms with E-state index in [0.717, 1.165) is 23.5 Å². The molecule has 1 amide bonds. The zero-order valence-corrected chi connectivity index (χ0v) is 17.0. The fourth-order valence-electron chi connectivity index (χ4n) is 3.53. The molecule has 3 aromatic rings. The summed E-state index contributed by atoms with van der Waals surface area (Å²) in [5.41, 5.74) is 0.0142. The lowest BCUT2D eigenvalue weighted by molar-refractivity contribution is -0.132. The van der Waals surface area contributed by atoms with Crippen molar-refractivity contribution in [2.45, 2.75) is 19.4 Å². The number of hydrogen-bond donors (Lipinski definition) is 1. The van der Waals surface area contributed by atoms with Crippen LogP contribution in [0.3, 0.4) is 0 Å². The molecule has 2 aromatic carbocycles. The minimum atomic E-state index is -1.18. The van der Waals surface area contributed by atoms with Gasteiger partial charge in [-0.1, -0.05) is 6.92 Å². The standard InChI is InChI=1S/C24H19F2NO5/c1-2-11-31-16-8-5-14(6-9-16)22(28)20-21(19-4-3-12-32-19)27(24(30)23(20)29)15-7-10-17(25)18(26)13-15/h3-10,12-13,21,28H,2,11H2,1H3/b22-20-. The van der Waals surface area contributed by atoms with E-state index in [1.54, 1.807) is 30.3 Å². The first kappa shape index (κ1) is 21.3. The Morgan fingerprint density at radius 3 is 2.47 bits per heavy atom. The molecule has 1 atom stereocenters. The van der Waals surface area contributed by atoms with E-state index in [2.05, 4.69) is 0 Å². The van der Waals surface area contributed by atoms with Gasteiger partial charge in [0.2, 0.25) is 0 Å². The predicted molar refractivity (Wildman–Crippen MR) is 112 cm³/mol. The minimum Gasteiger partial charge on any atom is -0.507 e. The van der Waals surface area contributed by atoms with Gasteiger partial charge in [-0.25, -0.2) is 8.78 Å². The summed E-state index contributed by atoms with van der Waals surface area (Å²) in [5.74, 6) is -3.89. The zero-order valence-electron chi connectivity index (χ0n) is 17.0. The summed E-state index contributed by atoms with van der Waals surface area (Å²) in [6.07, 6.45) is 2.18. The Morgan fingerprint density at radius 1 is 1.09 bits per heavy atom. The third-order valence-electron chi connectivity index (χ3n) is 5.04. The molecular formula is C24H19F2NO5. The van der Waals surface area contributed by atoms with E-state index in [1.807, 2.05) is 6.92 Å². The van der Waals surface area contributed by atoms with Gasteiger partial charge in [0.25, 0.3) is 11.7 Å². The van der Waals surface area contributed by atoms with Crippen LogP contribution in [0.2, 0.25) is 0 Å². The minimum absolute atomic E-state index is 0.0465. The van der Waals surface area contributed by atoms with Crippen LogP contribution in [-0.2, 0) is 9.59 Å². The lowest BCUT2D eigenvalue weighted by Gasteiger charge is -2.23. The van der Waals surface area contributed by atoms with Crippen LogP contribution in [-0.4, -0.2) is 23.4 Å². The smallest absolute Gasteiger partial charge is 0.300 e. The second-order valence-electron chi connectivity index (χ2n) is 7.16. The molecule has 8 heteroatoms. The molecule has 32 heavy (non-hydrogen) atoms. The number of benzene rings is 2. The highest BCUT2D eigenvalue weighted by Gasteiger charge is 2.48. The van der Waals surface area contributed by atoms with E-state index in [4.69, 9.17) is 9.15 Å². The summed E-state index contributed by atoms with van der Waals surface area (Å²) in [4.78, 5) is 26.8. The average Bonchev–Trinajstić information content (AvgIpc) is 3.41. The number of hydrogen-bond acceptors (Lipinski definition) is 5.